The minimum absolute atomic E-state index is 0.319. The Morgan fingerprint density at radius 3 is 2.65 bits per heavy atom. The molecule has 2 aromatic rings. The molecule has 1 N–H and O–H groups in total. The number of anilines is 2. The van der Waals surface area contributed by atoms with Crippen molar-refractivity contribution in [3.05, 3.63) is 46.8 Å². The van der Waals surface area contributed by atoms with E-state index in [1.165, 1.54) is 18.2 Å². The molecule has 0 spiro atoms. The van der Waals surface area contributed by atoms with E-state index in [0.29, 0.717) is 15.9 Å². The summed E-state index contributed by atoms with van der Waals surface area (Å²) >= 11 is 3.20. The summed E-state index contributed by atoms with van der Waals surface area (Å²) in [5, 5.41) is 2.72. The van der Waals surface area contributed by atoms with Crippen molar-refractivity contribution in [3.63, 3.8) is 0 Å². The number of nitrogens with zero attached hydrogens (tertiary/aromatic N) is 2. The van der Waals surface area contributed by atoms with Crippen molar-refractivity contribution in [2.45, 2.75) is 13.0 Å². The zero-order valence-corrected chi connectivity index (χ0v) is 14.6. The first-order chi connectivity index (χ1) is 10.9. The topological polar surface area (TPSA) is 54.5 Å². The minimum Gasteiger partial charge on any atom is -0.480 e. The molecular formula is C16H17BrFN3O2. The smallest absolute Gasteiger partial charge is 0.265 e. The highest BCUT2D eigenvalue weighted by atomic mass is 79.9. The van der Waals surface area contributed by atoms with Crippen molar-refractivity contribution >= 4 is 33.3 Å². The molecule has 1 amide bonds. The number of aromatic nitrogens is 1. The fourth-order valence-electron chi connectivity index (χ4n) is 1.78. The zero-order valence-electron chi connectivity index (χ0n) is 13.0. The SMILES string of the molecule is CC(Oc1ccc(F)cc1Br)C(=O)Nc1ccc(N(C)C)nc1. The lowest BCUT2D eigenvalue weighted by molar-refractivity contribution is -0.122. The van der Waals surface area contributed by atoms with Crippen LogP contribution in [-0.2, 0) is 4.79 Å². The molecule has 23 heavy (non-hydrogen) atoms. The van der Waals surface area contributed by atoms with Crippen LogP contribution in [0.2, 0.25) is 0 Å². The van der Waals surface area contributed by atoms with Crippen LogP contribution in [0.3, 0.4) is 0 Å². The largest absolute Gasteiger partial charge is 0.480 e. The lowest BCUT2D eigenvalue weighted by Crippen LogP contribution is -2.30. The van der Waals surface area contributed by atoms with Crippen LogP contribution in [0, 0.1) is 5.82 Å². The van der Waals surface area contributed by atoms with E-state index in [1.54, 1.807) is 25.3 Å². The standard InChI is InChI=1S/C16H17BrFN3O2/c1-10(23-14-6-4-11(18)8-13(14)17)16(22)20-12-5-7-15(19-9-12)21(2)3/h4-10H,1-3H3,(H,20,22). The number of rotatable bonds is 5. The van der Waals surface area contributed by atoms with Crippen LogP contribution in [0.1, 0.15) is 6.92 Å². The summed E-state index contributed by atoms with van der Waals surface area (Å²) in [5.74, 6) is 0.492. The summed E-state index contributed by atoms with van der Waals surface area (Å²) in [6.45, 7) is 1.62. The van der Waals surface area contributed by atoms with Crippen molar-refractivity contribution in [1.29, 1.82) is 0 Å². The first kappa shape index (κ1) is 17.2. The highest BCUT2D eigenvalue weighted by molar-refractivity contribution is 9.10. The molecule has 0 aliphatic rings. The quantitative estimate of drug-likeness (QED) is 0.861. The molecule has 0 saturated heterocycles. The third-order valence-corrected chi connectivity index (χ3v) is 3.66. The lowest BCUT2D eigenvalue weighted by Gasteiger charge is -2.16. The van der Waals surface area contributed by atoms with E-state index in [4.69, 9.17) is 4.74 Å². The van der Waals surface area contributed by atoms with E-state index < -0.39 is 6.10 Å². The number of nitrogens with one attached hydrogen (secondary N) is 1. The van der Waals surface area contributed by atoms with Crippen LogP contribution >= 0.6 is 15.9 Å². The Labute approximate surface area is 142 Å². The van der Waals surface area contributed by atoms with Gasteiger partial charge in [0.15, 0.2) is 6.10 Å². The number of halogens is 2. The van der Waals surface area contributed by atoms with Gasteiger partial charge in [-0.1, -0.05) is 0 Å². The molecule has 1 heterocycles. The van der Waals surface area contributed by atoms with Crippen molar-refractivity contribution in [1.82, 2.24) is 4.98 Å². The van der Waals surface area contributed by atoms with Gasteiger partial charge < -0.3 is 15.0 Å². The van der Waals surface area contributed by atoms with Gasteiger partial charge in [0, 0.05) is 14.1 Å². The Morgan fingerprint density at radius 2 is 2.09 bits per heavy atom. The maximum absolute atomic E-state index is 13.0. The molecule has 0 saturated carbocycles. The molecule has 1 aromatic carbocycles. The Bertz CT molecular complexity index is 692. The predicted molar refractivity (Wildman–Crippen MR) is 91.4 cm³/mol. The highest BCUT2D eigenvalue weighted by Gasteiger charge is 2.16. The van der Waals surface area contributed by atoms with Gasteiger partial charge in [0.25, 0.3) is 5.91 Å². The Kier molecular flexibility index (Phi) is 5.54. The van der Waals surface area contributed by atoms with Gasteiger partial charge in [0.1, 0.15) is 17.4 Å². The third kappa shape index (κ3) is 4.66. The summed E-state index contributed by atoms with van der Waals surface area (Å²) in [5.41, 5.74) is 0.578. The molecular weight excluding hydrogens is 365 g/mol. The maximum Gasteiger partial charge on any atom is 0.265 e. The fraction of sp³-hybridized carbons (Fsp3) is 0.250. The summed E-state index contributed by atoms with van der Waals surface area (Å²) in [4.78, 5) is 18.2. The summed E-state index contributed by atoms with van der Waals surface area (Å²) in [7, 11) is 3.77. The molecule has 2 rings (SSSR count). The molecule has 0 radical (unpaired) electrons. The van der Waals surface area contributed by atoms with E-state index in [-0.39, 0.29) is 11.7 Å². The number of ether oxygens (including phenoxy) is 1. The Morgan fingerprint density at radius 1 is 1.35 bits per heavy atom. The van der Waals surface area contributed by atoms with Crippen LogP contribution in [0.15, 0.2) is 41.0 Å². The van der Waals surface area contributed by atoms with Crippen LogP contribution in [0.4, 0.5) is 15.9 Å². The molecule has 1 unspecified atom stereocenters. The molecule has 1 aromatic heterocycles. The average Bonchev–Trinajstić information content (AvgIpc) is 2.50. The van der Waals surface area contributed by atoms with Gasteiger partial charge in [-0.3, -0.25) is 4.79 Å². The van der Waals surface area contributed by atoms with Crippen molar-refractivity contribution in [3.8, 4) is 5.75 Å². The van der Waals surface area contributed by atoms with Crippen LogP contribution < -0.4 is 15.0 Å². The number of carbonyl (C=O) groups excluding carboxylic acids is 1. The molecule has 122 valence electrons. The third-order valence-electron chi connectivity index (χ3n) is 3.04. The molecule has 1 atom stereocenters. The van der Waals surface area contributed by atoms with Gasteiger partial charge in [-0.25, -0.2) is 9.37 Å². The van der Waals surface area contributed by atoms with Crippen molar-refractivity contribution in [2.75, 3.05) is 24.3 Å². The van der Waals surface area contributed by atoms with Gasteiger partial charge in [-0.2, -0.15) is 0 Å². The zero-order chi connectivity index (χ0) is 17.0. The normalized spacial score (nSPS) is 11.7. The summed E-state index contributed by atoms with van der Waals surface area (Å²) < 4.78 is 19.0. The van der Waals surface area contributed by atoms with E-state index >= 15 is 0 Å². The second kappa shape index (κ2) is 7.41. The van der Waals surface area contributed by atoms with E-state index in [9.17, 15) is 9.18 Å². The first-order valence-electron chi connectivity index (χ1n) is 6.93. The van der Waals surface area contributed by atoms with Crippen LogP contribution in [-0.4, -0.2) is 31.1 Å². The number of benzene rings is 1. The maximum atomic E-state index is 13.0. The second-order valence-corrected chi connectivity index (χ2v) is 5.98. The van der Waals surface area contributed by atoms with E-state index in [0.717, 1.165) is 5.82 Å². The van der Waals surface area contributed by atoms with Crippen molar-refractivity contribution in [2.24, 2.45) is 0 Å². The predicted octanol–water partition coefficient (Wildman–Crippen LogP) is 3.46. The average molecular weight is 382 g/mol. The van der Waals surface area contributed by atoms with Crippen LogP contribution in [0.25, 0.3) is 0 Å². The summed E-state index contributed by atoms with van der Waals surface area (Å²) in [6, 6.07) is 7.59. The second-order valence-electron chi connectivity index (χ2n) is 5.12. The highest BCUT2D eigenvalue weighted by Crippen LogP contribution is 2.26. The number of hydrogen-bond acceptors (Lipinski definition) is 4. The van der Waals surface area contributed by atoms with Gasteiger partial charge in [-0.05, 0) is 53.2 Å². The minimum atomic E-state index is -0.745. The van der Waals surface area contributed by atoms with E-state index in [1.807, 2.05) is 19.0 Å². The number of pyridine rings is 1. The van der Waals surface area contributed by atoms with E-state index in [2.05, 4.69) is 26.2 Å². The molecule has 0 fully saturated rings. The lowest BCUT2D eigenvalue weighted by atomic mass is 10.3. The van der Waals surface area contributed by atoms with Crippen LogP contribution in [0.5, 0.6) is 5.75 Å². The van der Waals surface area contributed by atoms with Gasteiger partial charge in [-0.15, -0.1) is 0 Å². The first-order valence-corrected chi connectivity index (χ1v) is 7.72. The molecule has 5 nitrogen and oxygen atoms in total. The van der Waals surface area contributed by atoms with Gasteiger partial charge in [0.05, 0.1) is 16.4 Å². The van der Waals surface area contributed by atoms with Crippen molar-refractivity contribution < 1.29 is 13.9 Å². The molecule has 0 bridgehead atoms. The monoisotopic (exact) mass is 381 g/mol. The number of carbonyl (C=O) groups is 1. The Balaban J connectivity index is 1.99. The molecule has 7 heteroatoms. The van der Waals surface area contributed by atoms with Gasteiger partial charge in [0.2, 0.25) is 0 Å². The fourth-order valence-corrected chi connectivity index (χ4v) is 2.23. The summed E-state index contributed by atoms with van der Waals surface area (Å²) in [6.07, 6.45) is 0.832. The molecule has 0 aliphatic carbocycles. The number of hydrogen-bond donors (Lipinski definition) is 1. The number of amides is 1. The Hall–Kier alpha value is -2.15. The van der Waals surface area contributed by atoms with Gasteiger partial charge >= 0.3 is 0 Å². The molecule has 0 aliphatic heterocycles.